The predicted molar refractivity (Wildman–Crippen MR) is 74.8 cm³/mol. The number of nitrogens with one attached hydrogen (secondary N) is 1. The van der Waals surface area contributed by atoms with Gasteiger partial charge in [0, 0.05) is 45.7 Å². The summed E-state index contributed by atoms with van der Waals surface area (Å²) < 4.78 is 5.29. The third-order valence-corrected chi connectivity index (χ3v) is 3.28. The first-order valence-corrected chi connectivity index (χ1v) is 6.92. The Hall–Kier alpha value is -0.420. The van der Waals surface area contributed by atoms with E-state index in [4.69, 9.17) is 4.74 Å². The summed E-state index contributed by atoms with van der Waals surface area (Å²) in [5.74, 6) is 0. The number of ether oxygens (including phenoxy) is 1. The normalized spacial score (nSPS) is 19.1. The number of likely N-dealkylation sites (N-methyl/N-ethyl adjacent to an activating group) is 1. The van der Waals surface area contributed by atoms with Crippen molar-refractivity contribution in [1.29, 1.82) is 0 Å². The smallest absolute Gasteiger partial charge is 0.0817 e. The molecular formula is C14H28N2O2. The Bertz CT molecular complexity index is 250. The summed E-state index contributed by atoms with van der Waals surface area (Å²) in [6, 6.07) is 0. The first-order chi connectivity index (χ1) is 8.56. The molecule has 1 heterocycles. The molecule has 0 bridgehead atoms. The summed E-state index contributed by atoms with van der Waals surface area (Å²) in [5.41, 5.74) is 0.589. The molecule has 0 aliphatic carbocycles. The first-order valence-electron chi connectivity index (χ1n) is 6.92. The van der Waals surface area contributed by atoms with Crippen LogP contribution < -0.4 is 5.32 Å². The number of hydrogen-bond donors (Lipinski definition) is 2. The monoisotopic (exact) mass is 256 g/mol. The van der Waals surface area contributed by atoms with E-state index in [9.17, 15) is 5.11 Å². The number of hydrogen-bond acceptors (Lipinski definition) is 4. The summed E-state index contributed by atoms with van der Waals surface area (Å²) >= 11 is 0. The van der Waals surface area contributed by atoms with Crippen LogP contribution in [0.4, 0.5) is 0 Å². The third-order valence-electron chi connectivity index (χ3n) is 3.28. The largest absolute Gasteiger partial charge is 0.388 e. The molecule has 0 spiro atoms. The molecule has 106 valence electrons. The van der Waals surface area contributed by atoms with Gasteiger partial charge in [0.1, 0.15) is 0 Å². The lowest BCUT2D eigenvalue weighted by Crippen LogP contribution is -2.46. The summed E-state index contributed by atoms with van der Waals surface area (Å²) in [6.07, 6.45) is 2.61. The number of nitrogens with zero attached hydrogens (tertiary/aromatic N) is 1. The van der Waals surface area contributed by atoms with E-state index in [0.717, 1.165) is 38.9 Å². The maximum absolute atomic E-state index is 10.4. The van der Waals surface area contributed by atoms with E-state index in [1.165, 1.54) is 5.57 Å². The van der Waals surface area contributed by atoms with E-state index in [-0.39, 0.29) is 0 Å². The molecule has 0 unspecified atom stereocenters. The van der Waals surface area contributed by atoms with E-state index in [0.29, 0.717) is 19.8 Å². The minimum Gasteiger partial charge on any atom is -0.388 e. The zero-order valence-corrected chi connectivity index (χ0v) is 11.9. The Labute approximate surface area is 111 Å². The fourth-order valence-electron chi connectivity index (χ4n) is 2.35. The highest BCUT2D eigenvalue weighted by Crippen LogP contribution is 2.21. The second-order valence-corrected chi connectivity index (χ2v) is 5.44. The molecule has 1 saturated heterocycles. The topological polar surface area (TPSA) is 44.7 Å². The lowest BCUT2D eigenvalue weighted by atomic mass is 9.94. The zero-order valence-electron chi connectivity index (χ0n) is 11.9. The summed E-state index contributed by atoms with van der Waals surface area (Å²) in [6.45, 7) is 11.0. The standard InChI is InChI=1S/C14H28N2O2/c1-4-7-15-10-13(2)11-16(3)12-14(17)5-8-18-9-6-14/h15,17H,2,4-12H2,1,3H3. The molecule has 1 rings (SSSR count). The van der Waals surface area contributed by atoms with Crippen molar-refractivity contribution in [2.75, 3.05) is 46.4 Å². The van der Waals surface area contributed by atoms with Gasteiger partial charge in [-0.2, -0.15) is 0 Å². The van der Waals surface area contributed by atoms with Gasteiger partial charge in [-0.3, -0.25) is 4.90 Å². The van der Waals surface area contributed by atoms with Crippen molar-refractivity contribution in [2.45, 2.75) is 31.8 Å². The maximum Gasteiger partial charge on any atom is 0.0817 e. The van der Waals surface area contributed by atoms with Crippen molar-refractivity contribution in [3.05, 3.63) is 12.2 Å². The fraction of sp³-hybridized carbons (Fsp3) is 0.857. The lowest BCUT2D eigenvalue weighted by molar-refractivity contribution is -0.0759. The van der Waals surface area contributed by atoms with Crippen LogP contribution >= 0.6 is 0 Å². The van der Waals surface area contributed by atoms with Crippen LogP contribution in [0.25, 0.3) is 0 Å². The van der Waals surface area contributed by atoms with Crippen LogP contribution in [-0.2, 0) is 4.74 Å². The minimum absolute atomic E-state index is 0.579. The highest BCUT2D eigenvalue weighted by atomic mass is 16.5. The van der Waals surface area contributed by atoms with Gasteiger partial charge in [-0.25, -0.2) is 0 Å². The highest BCUT2D eigenvalue weighted by molar-refractivity contribution is 5.00. The quantitative estimate of drug-likeness (QED) is 0.503. The second kappa shape index (κ2) is 7.89. The van der Waals surface area contributed by atoms with E-state index < -0.39 is 5.60 Å². The number of aliphatic hydroxyl groups is 1. The van der Waals surface area contributed by atoms with Crippen LogP contribution in [0.15, 0.2) is 12.2 Å². The molecule has 4 nitrogen and oxygen atoms in total. The first kappa shape index (κ1) is 15.6. The lowest BCUT2D eigenvalue weighted by Gasteiger charge is -2.35. The van der Waals surface area contributed by atoms with Crippen LogP contribution in [0.1, 0.15) is 26.2 Å². The molecule has 0 aromatic rings. The average Bonchev–Trinajstić information content (AvgIpc) is 2.29. The number of rotatable bonds is 8. The van der Waals surface area contributed by atoms with Crippen molar-refractivity contribution >= 4 is 0 Å². The molecule has 2 N–H and O–H groups in total. The average molecular weight is 256 g/mol. The van der Waals surface area contributed by atoms with Crippen molar-refractivity contribution in [2.24, 2.45) is 0 Å². The van der Waals surface area contributed by atoms with Crippen molar-refractivity contribution < 1.29 is 9.84 Å². The zero-order chi connectivity index (χ0) is 13.4. The Morgan fingerprint density at radius 3 is 2.72 bits per heavy atom. The van der Waals surface area contributed by atoms with Crippen molar-refractivity contribution in [3.63, 3.8) is 0 Å². The van der Waals surface area contributed by atoms with Crippen LogP contribution in [0.5, 0.6) is 0 Å². The molecule has 0 atom stereocenters. The van der Waals surface area contributed by atoms with E-state index >= 15 is 0 Å². The van der Waals surface area contributed by atoms with E-state index in [1.807, 2.05) is 7.05 Å². The van der Waals surface area contributed by atoms with Gasteiger partial charge in [0.2, 0.25) is 0 Å². The summed E-state index contributed by atoms with van der Waals surface area (Å²) in [4.78, 5) is 2.15. The van der Waals surface area contributed by atoms with Gasteiger partial charge in [-0.1, -0.05) is 13.5 Å². The van der Waals surface area contributed by atoms with Gasteiger partial charge in [-0.05, 0) is 25.6 Å². The molecule has 1 aliphatic rings. The summed E-state index contributed by atoms with van der Waals surface area (Å²) in [7, 11) is 2.04. The predicted octanol–water partition coefficient (Wildman–Crippen LogP) is 1.02. The Morgan fingerprint density at radius 1 is 1.44 bits per heavy atom. The fourth-order valence-corrected chi connectivity index (χ4v) is 2.35. The van der Waals surface area contributed by atoms with Crippen LogP contribution in [-0.4, -0.2) is 62.0 Å². The van der Waals surface area contributed by atoms with Gasteiger partial charge >= 0.3 is 0 Å². The van der Waals surface area contributed by atoms with E-state index in [1.54, 1.807) is 0 Å². The molecule has 0 aromatic heterocycles. The molecule has 0 radical (unpaired) electrons. The van der Waals surface area contributed by atoms with Gasteiger partial charge in [0.15, 0.2) is 0 Å². The van der Waals surface area contributed by atoms with Crippen molar-refractivity contribution in [3.8, 4) is 0 Å². The molecule has 1 aliphatic heterocycles. The Kier molecular flexibility index (Phi) is 6.86. The highest BCUT2D eigenvalue weighted by Gasteiger charge is 2.30. The maximum atomic E-state index is 10.4. The molecule has 0 saturated carbocycles. The van der Waals surface area contributed by atoms with Crippen LogP contribution in [0.2, 0.25) is 0 Å². The Morgan fingerprint density at radius 2 is 2.11 bits per heavy atom. The van der Waals surface area contributed by atoms with Crippen molar-refractivity contribution in [1.82, 2.24) is 10.2 Å². The molecule has 0 aromatic carbocycles. The van der Waals surface area contributed by atoms with Crippen LogP contribution in [0, 0.1) is 0 Å². The van der Waals surface area contributed by atoms with E-state index in [2.05, 4.69) is 23.7 Å². The molecule has 1 fully saturated rings. The molecular weight excluding hydrogens is 228 g/mol. The second-order valence-electron chi connectivity index (χ2n) is 5.44. The van der Waals surface area contributed by atoms with Gasteiger partial charge in [0.25, 0.3) is 0 Å². The Balaban J connectivity index is 2.23. The molecule has 4 heteroatoms. The van der Waals surface area contributed by atoms with Gasteiger partial charge < -0.3 is 15.2 Å². The SMILES string of the molecule is C=C(CNCCC)CN(C)CC1(O)CCOCC1. The van der Waals surface area contributed by atoms with Gasteiger partial charge in [-0.15, -0.1) is 0 Å². The molecule has 18 heavy (non-hydrogen) atoms. The van der Waals surface area contributed by atoms with Gasteiger partial charge in [0.05, 0.1) is 5.60 Å². The van der Waals surface area contributed by atoms with Crippen LogP contribution in [0.3, 0.4) is 0 Å². The summed E-state index contributed by atoms with van der Waals surface area (Å²) in [5, 5.41) is 13.7. The third kappa shape index (κ3) is 5.96. The minimum atomic E-state index is -0.579. The molecule has 0 amide bonds.